The van der Waals surface area contributed by atoms with E-state index >= 15 is 0 Å². The highest BCUT2D eigenvalue weighted by atomic mass is 14.4. The van der Waals surface area contributed by atoms with Gasteiger partial charge in [-0.3, -0.25) is 0 Å². The molecule has 0 spiro atoms. The number of rotatable bonds is 0. The summed E-state index contributed by atoms with van der Waals surface area (Å²) in [4.78, 5) is 0. The molecular formula is C10H15N. The van der Waals surface area contributed by atoms with Crippen LogP contribution in [0, 0.1) is 22.2 Å². The van der Waals surface area contributed by atoms with Crippen LogP contribution in [0.25, 0.3) is 0 Å². The summed E-state index contributed by atoms with van der Waals surface area (Å²) < 4.78 is 0. The second-order valence-corrected chi connectivity index (χ2v) is 4.48. The highest BCUT2D eigenvalue weighted by Crippen LogP contribution is 2.41. The Balaban J connectivity index is 2.85. The van der Waals surface area contributed by atoms with Gasteiger partial charge in [-0.15, -0.1) is 0 Å². The van der Waals surface area contributed by atoms with Crippen molar-refractivity contribution in [3.8, 4) is 6.07 Å². The Hall–Kier alpha value is -0.770. The Morgan fingerprint density at radius 3 is 2.36 bits per heavy atom. The van der Waals surface area contributed by atoms with Crippen LogP contribution < -0.4 is 0 Å². The maximum absolute atomic E-state index is 8.88. The van der Waals surface area contributed by atoms with E-state index in [1.165, 1.54) is 0 Å². The van der Waals surface area contributed by atoms with Gasteiger partial charge in [0, 0.05) is 0 Å². The van der Waals surface area contributed by atoms with Crippen LogP contribution in [0.5, 0.6) is 0 Å². The van der Waals surface area contributed by atoms with Crippen molar-refractivity contribution in [2.24, 2.45) is 10.8 Å². The smallest absolute Gasteiger partial charge is 0.0730 e. The van der Waals surface area contributed by atoms with Crippen molar-refractivity contribution in [1.29, 1.82) is 5.26 Å². The van der Waals surface area contributed by atoms with Gasteiger partial charge in [0.05, 0.1) is 11.5 Å². The molecule has 0 saturated carbocycles. The van der Waals surface area contributed by atoms with Gasteiger partial charge in [-0.25, -0.2) is 0 Å². The van der Waals surface area contributed by atoms with E-state index in [2.05, 4.69) is 26.0 Å². The largest absolute Gasteiger partial charge is 0.197 e. The third kappa shape index (κ3) is 1.83. The first kappa shape index (κ1) is 8.33. The van der Waals surface area contributed by atoms with Crippen molar-refractivity contribution in [2.75, 3.05) is 0 Å². The third-order valence-corrected chi connectivity index (χ3v) is 2.26. The lowest BCUT2D eigenvalue weighted by molar-refractivity contribution is 0.250. The second kappa shape index (κ2) is 2.37. The molecule has 1 atom stereocenters. The van der Waals surface area contributed by atoms with Crippen LogP contribution in [0.2, 0.25) is 0 Å². The summed E-state index contributed by atoms with van der Waals surface area (Å²) in [7, 11) is 0. The molecule has 1 aliphatic rings. The Morgan fingerprint density at radius 2 is 2.00 bits per heavy atom. The van der Waals surface area contributed by atoms with Crippen molar-refractivity contribution in [3.63, 3.8) is 0 Å². The lowest BCUT2D eigenvalue weighted by Crippen LogP contribution is -2.25. The molecule has 0 heterocycles. The maximum Gasteiger partial charge on any atom is 0.0730 e. The zero-order chi connectivity index (χ0) is 8.54. The number of nitrogens with zero attached hydrogens (tertiary/aromatic N) is 1. The van der Waals surface area contributed by atoms with Crippen LogP contribution in [-0.4, -0.2) is 0 Å². The molecule has 1 rings (SSSR count). The standard InChI is InChI=1S/C10H15N/c1-9(2)5-4-6-10(3,7-9)8-11/h4,6H,5,7H2,1-3H3. The van der Waals surface area contributed by atoms with Crippen molar-refractivity contribution in [3.05, 3.63) is 12.2 Å². The summed E-state index contributed by atoms with van der Waals surface area (Å²) in [5, 5.41) is 8.88. The summed E-state index contributed by atoms with van der Waals surface area (Å²) in [6.07, 6.45) is 6.25. The molecule has 1 nitrogen and oxygen atoms in total. The zero-order valence-electron chi connectivity index (χ0n) is 7.52. The Kier molecular flexibility index (Phi) is 1.80. The van der Waals surface area contributed by atoms with Gasteiger partial charge in [0.25, 0.3) is 0 Å². The van der Waals surface area contributed by atoms with Crippen LogP contribution >= 0.6 is 0 Å². The SMILES string of the molecule is CC1(C#N)C=CCC(C)(C)C1. The van der Waals surface area contributed by atoms with Crippen LogP contribution in [0.4, 0.5) is 0 Å². The fourth-order valence-corrected chi connectivity index (χ4v) is 1.84. The highest BCUT2D eigenvalue weighted by molar-refractivity contribution is 5.15. The van der Waals surface area contributed by atoms with Crippen LogP contribution in [0.15, 0.2) is 12.2 Å². The third-order valence-electron chi connectivity index (χ3n) is 2.26. The minimum atomic E-state index is -0.220. The fourth-order valence-electron chi connectivity index (χ4n) is 1.84. The predicted octanol–water partition coefficient (Wildman–Crippen LogP) is 2.89. The minimum absolute atomic E-state index is 0.220. The number of allylic oxidation sites excluding steroid dienone is 2. The van der Waals surface area contributed by atoms with Gasteiger partial charge >= 0.3 is 0 Å². The lowest BCUT2D eigenvalue weighted by Gasteiger charge is -2.34. The van der Waals surface area contributed by atoms with E-state index in [1.54, 1.807) is 0 Å². The summed E-state index contributed by atoms with van der Waals surface area (Å²) in [6.45, 7) is 6.43. The molecule has 0 saturated heterocycles. The molecule has 0 N–H and O–H groups in total. The van der Waals surface area contributed by atoms with E-state index in [-0.39, 0.29) is 5.41 Å². The molecule has 0 fully saturated rings. The van der Waals surface area contributed by atoms with Gasteiger partial charge in [0.15, 0.2) is 0 Å². The van der Waals surface area contributed by atoms with Gasteiger partial charge in [-0.2, -0.15) is 5.26 Å². The van der Waals surface area contributed by atoms with E-state index in [0.717, 1.165) is 12.8 Å². The number of hydrogen-bond donors (Lipinski definition) is 0. The topological polar surface area (TPSA) is 23.8 Å². The molecule has 0 aromatic heterocycles. The van der Waals surface area contributed by atoms with Gasteiger partial charge in [-0.05, 0) is 25.2 Å². The Morgan fingerprint density at radius 1 is 1.36 bits per heavy atom. The maximum atomic E-state index is 8.88. The molecule has 1 aliphatic carbocycles. The van der Waals surface area contributed by atoms with Crippen molar-refractivity contribution < 1.29 is 0 Å². The van der Waals surface area contributed by atoms with Crippen LogP contribution in [0.3, 0.4) is 0 Å². The van der Waals surface area contributed by atoms with Crippen molar-refractivity contribution in [2.45, 2.75) is 33.6 Å². The van der Waals surface area contributed by atoms with Gasteiger partial charge in [0.1, 0.15) is 0 Å². The molecule has 1 heteroatoms. The van der Waals surface area contributed by atoms with E-state index in [0.29, 0.717) is 5.41 Å². The highest BCUT2D eigenvalue weighted by Gasteiger charge is 2.32. The molecule has 60 valence electrons. The number of nitriles is 1. The molecule has 0 aromatic carbocycles. The zero-order valence-corrected chi connectivity index (χ0v) is 7.52. The average Bonchev–Trinajstić information content (AvgIpc) is 1.85. The quantitative estimate of drug-likeness (QED) is 0.486. The van der Waals surface area contributed by atoms with E-state index in [1.807, 2.05) is 13.0 Å². The van der Waals surface area contributed by atoms with Crippen LogP contribution in [-0.2, 0) is 0 Å². The molecule has 1 unspecified atom stereocenters. The molecule has 11 heavy (non-hydrogen) atoms. The Labute approximate surface area is 68.7 Å². The van der Waals surface area contributed by atoms with Gasteiger partial charge in [-0.1, -0.05) is 26.0 Å². The summed E-state index contributed by atoms with van der Waals surface area (Å²) in [5.41, 5.74) is 0.0843. The Bertz CT molecular complexity index is 220. The van der Waals surface area contributed by atoms with E-state index < -0.39 is 0 Å². The molecule has 0 amide bonds. The fraction of sp³-hybridized carbons (Fsp3) is 0.700. The van der Waals surface area contributed by atoms with Gasteiger partial charge < -0.3 is 0 Å². The molecular weight excluding hydrogens is 134 g/mol. The average molecular weight is 149 g/mol. The molecule has 0 radical (unpaired) electrons. The first-order valence-corrected chi connectivity index (χ1v) is 4.06. The monoisotopic (exact) mass is 149 g/mol. The molecule has 0 bridgehead atoms. The van der Waals surface area contributed by atoms with Crippen LogP contribution in [0.1, 0.15) is 33.6 Å². The van der Waals surface area contributed by atoms with Crippen molar-refractivity contribution in [1.82, 2.24) is 0 Å². The van der Waals surface area contributed by atoms with Gasteiger partial charge in [0.2, 0.25) is 0 Å². The second-order valence-electron chi connectivity index (χ2n) is 4.48. The van der Waals surface area contributed by atoms with E-state index in [4.69, 9.17) is 5.26 Å². The number of hydrogen-bond acceptors (Lipinski definition) is 1. The summed E-state index contributed by atoms with van der Waals surface area (Å²) in [6, 6.07) is 2.35. The summed E-state index contributed by atoms with van der Waals surface area (Å²) >= 11 is 0. The first-order valence-electron chi connectivity index (χ1n) is 4.06. The normalized spacial score (nSPS) is 34.7. The predicted molar refractivity (Wildman–Crippen MR) is 45.9 cm³/mol. The molecule has 0 aliphatic heterocycles. The molecule has 0 aromatic rings. The van der Waals surface area contributed by atoms with E-state index in [9.17, 15) is 0 Å². The first-order chi connectivity index (χ1) is 4.97. The summed E-state index contributed by atoms with van der Waals surface area (Å²) in [5.74, 6) is 0. The van der Waals surface area contributed by atoms with Crippen molar-refractivity contribution >= 4 is 0 Å². The lowest BCUT2D eigenvalue weighted by atomic mass is 9.69. The minimum Gasteiger partial charge on any atom is -0.197 e.